The second kappa shape index (κ2) is 5.89. The first-order valence-electron chi connectivity index (χ1n) is 6.87. The van der Waals surface area contributed by atoms with Crippen LogP contribution in [0.3, 0.4) is 0 Å². The molecule has 1 aliphatic rings. The zero-order chi connectivity index (χ0) is 16.8. The van der Waals surface area contributed by atoms with E-state index in [2.05, 4.69) is 0 Å². The highest BCUT2D eigenvalue weighted by atomic mass is 35.5. The third-order valence-corrected chi connectivity index (χ3v) is 6.79. The second-order valence-corrected chi connectivity index (χ2v) is 9.08. The molecule has 1 aromatic carbocycles. The summed E-state index contributed by atoms with van der Waals surface area (Å²) in [6.45, 7) is 0.462. The van der Waals surface area contributed by atoms with E-state index in [1.165, 1.54) is 29.2 Å². The lowest BCUT2D eigenvalue weighted by atomic mass is 10.0. The molecule has 3 rings (SSSR count). The SMILES string of the molecule is CS(=O)(=O)c1ccc(C(=O)N2CCCc3cc(F)cc(Cl)c32)s1. The number of halogens is 2. The number of hydrogen-bond donors (Lipinski definition) is 0. The Balaban J connectivity index is 2.01. The van der Waals surface area contributed by atoms with Crippen molar-refractivity contribution in [2.75, 3.05) is 17.7 Å². The van der Waals surface area contributed by atoms with E-state index in [0.717, 1.165) is 17.6 Å². The average molecular weight is 374 g/mol. The number of aryl methyl sites for hydroxylation is 1. The highest BCUT2D eigenvalue weighted by Crippen LogP contribution is 2.37. The molecule has 0 radical (unpaired) electrons. The summed E-state index contributed by atoms with van der Waals surface area (Å²) < 4.78 is 36.7. The zero-order valence-electron chi connectivity index (χ0n) is 12.2. The topological polar surface area (TPSA) is 54.5 Å². The van der Waals surface area contributed by atoms with E-state index in [1.54, 1.807) is 0 Å². The van der Waals surface area contributed by atoms with Gasteiger partial charge in [-0.15, -0.1) is 11.3 Å². The quantitative estimate of drug-likeness (QED) is 0.809. The molecule has 0 saturated carbocycles. The first kappa shape index (κ1) is 16.4. The maximum atomic E-state index is 13.5. The summed E-state index contributed by atoms with van der Waals surface area (Å²) >= 11 is 7.05. The number of nitrogens with zero attached hydrogens (tertiary/aromatic N) is 1. The van der Waals surface area contributed by atoms with Crippen molar-refractivity contribution in [3.63, 3.8) is 0 Å². The minimum absolute atomic E-state index is 0.142. The highest BCUT2D eigenvalue weighted by molar-refractivity contribution is 7.92. The van der Waals surface area contributed by atoms with E-state index in [1.807, 2.05) is 0 Å². The van der Waals surface area contributed by atoms with Crippen LogP contribution in [-0.2, 0) is 16.3 Å². The molecular formula is C15H13ClFNO3S2. The van der Waals surface area contributed by atoms with Gasteiger partial charge < -0.3 is 4.90 Å². The van der Waals surface area contributed by atoms with Crippen molar-refractivity contribution < 1.29 is 17.6 Å². The van der Waals surface area contributed by atoms with Gasteiger partial charge in [-0.25, -0.2) is 12.8 Å². The number of amides is 1. The molecule has 0 fully saturated rings. The second-order valence-electron chi connectivity index (χ2n) is 5.35. The van der Waals surface area contributed by atoms with Crippen LogP contribution >= 0.6 is 22.9 Å². The van der Waals surface area contributed by atoms with Crippen molar-refractivity contribution in [1.29, 1.82) is 0 Å². The Morgan fingerprint density at radius 1 is 1.35 bits per heavy atom. The van der Waals surface area contributed by atoms with E-state index in [9.17, 15) is 17.6 Å². The highest BCUT2D eigenvalue weighted by Gasteiger charge is 2.28. The molecule has 1 aliphatic heterocycles. The Hall–Kier alpha value is -1.44. The molecule has 23 heavy (non-hydrogen) atoms. The van der Waals surface area contributed by atoms with Gasteiger partial charge in [0.05, 0.1) is 15.6 Å². The number of fused-ring (bicyclic) bond motifs is 1. The summed E-state index contributed by atoms with van der Waals surface area (Å²) in [6, 6.07) is 5.48. The molecule has 0 atom stereocenters. The average Bonchev–Trinajstić information content (AvgIpc) is 2.95. The summed E-state index contributed by atoms with van der Waals surface area (Å²) in [5.41, 5.74) is 1.20. The maximum absolute atomic E-state index is 13.5. The summed E-state index contributed by atoms with van der Waals surface area (Å²) in [5, 5.41) is 0.188. The fraction of sp³-hybridized carbons (Fsp3) is 0.267. The number of anilines is 1. The lowest BCUT2D eigenvalue weighted by molar-refractivity contribution is 0.0989. The van der Waals surface area contributed by atoms with Gasteiger partial charge in [0, 0.05) is 12.8 Å². The Bertz CT molecular complexity index is 892. The van der Waals surface area contributed by atoms with Crippen molar-refractivity contribution in [1.82, 2.24) is 0 Å². The number of rotatable bonds is 2. The van der Waals surface area contributed by atoms with E-state index >= 15 is 0 Å². The lowest BCUT2D eigenvalue weighted by Gasteiger charge is -2.30. The zero-order valence-corrected chi connectivity index (χ0v) is 14.6. The molecule has 0 N–H and O–H groups in total. The van der Waals surface area contributed by atoms with Gasteiger partial charge in [-0.2, -0.15) is 0 Å². The monoisotopic (exact) mass is 373 g/mol. The molecule has 0 bridgehead atoms. The standard InChI is InChI=1S/C15H13ClFNO3S2/c1-23(20,21)13-5-4-12(22-13)15(19)18-6-2-3-9-7-10(17)8-11(16)14(9)18/h4-5,7-8H,2-3,6H2,1H3. The van der Waals surface area contributed by atoms with Crippen molar-refractivity contribution in [2.24, 2.45) is 0 Å². The normalized spacial score (nSPS) is 14.7. The van der Waals surface area contributed by atoms with E-state index in [4.69, 9.17) is 11.6 Å². The van der Waals surface area contributed by atoms with Crippen LogP contribution in [0.15, 0.2) is 28.5 Å². The molecule has 0 saturated heterocycles. The molecule has 2 heterocycles. The van der Waals surface area contributed by atoms with Crippen LogP contribution in [0.4, 0.5) is 10.1 Å². The van der Waals surface area contributed by atoms with E-state index in [-0.39, 0.29) is 15.1 Å². The van der Waals surface area contributed by atoms with Crippen LogP contribution in [0.5, 0.6) is 0 Å². The molecule has 1 aromatic heterocycles. The molecule has 0 unspecified atom stereocenters. The number of sulfone groups is 1. The Kier molecular flexibility index (Phi) is 4.20. The predicted octanol–water partition coefficient (Wildman–Crippen LogP) is 3.54. The lowest BCUT2D eigenvalue weighted by Crippen LogP contribution is -2.35. The Labute approximate surface area is 142 Å². The van der Waals surface area contributed by atoms with Crippen molar-refractivity contribution in [3.05, 3.63) is 45.5 Å². The molecule has 1 amide bonds. The molecule has 8 heteroatoms. The minimum atomic E-state index is -3.35. The molecule has 4 nitrogen and oxygen atoms in total. The van der Waals surface area contributed by atoms with Gasteiger partial charge in [-0.1, -0.05) is 11.6 Å². The van der Waals surface area contributed by atoms with Gasteiger partial charge in [0.1, 0.15) is 10.0 Å². The summed E-state index contributed by atoms with van der Waals surface area (Å²) in [6.07, 6.45) is 2.45. The number of hydrogen-bond acceptors (Lipinski definition) is 4. The van der Waals surface area contributed by atoms with E-state index < -0.39 is 15.7 Å². The molecule has 0 aliphatic carbocycles. The number of benzene rings is 1. The van der Waals surface area contributed by atoms with Crippen molar-refractivity contribution >= 4 is 44.4 Å². The van der Waals surface area contributed by atoms with Crippen molar-refractivity contribution in [2.45, 2.75) is 17.1 Å². The van der Waals surface area contributed by atoms with Crippen LogP contribution in [0.25, 0.3) is 0 Å². The van der Waals surface area contributed by atoms with Crippen LogP contribution in [0.2, 0.25) is 5.02 Å². The number of carbonyl (C=O) groups excluding carboxylic acids is 1. The summed E-state index contributed by atoms with van der Waals surface area (Å²) in [4.78, 5) is 14.5. The third-order valence-electron chi connectivity index (χ3n) is 3.61. The fourth-order valence-electron chi connectivity index (χ4n) is 2.62. The smallest absolute Gasteiger partial charge is 0.268 e. The summed E-state index contributed by atoms with van der Waals surface area (Å²) in [5.74, 6) is -0.752. The Morgan fingerprint density at radius 2 is 2.09 bits per heavy atom. The van der Waals surface area contributed by atoms with Gasteiger partial charge in [-0.05, 0) is 42.7 Å². The minimum Gasteiger partial charge on any atom is -0.306 e. The molecule has 2 aromatic rings. The number of carbonyl (C=O) groups is 1. The van der Waals surface area contributed by atoms with Crippen LogP contribution in [0.1, 0.15) is 21.7 Å². The van der Waals surface area contributed by atoms with Gasteiger partial charge >= 0.3 is 0 Å². The fourth-order valence-corrected chi connectivity index (χ4v) is 4.83. The first-order valence-corrected chi connectivity index (χ1v) is 9.95. The van der Waals surface area contributed by atoms with Gasteiger partial charge in [0.2, 0.25) is 0 Å². The maximum Gasteiger partial charge on any atom is 0.268 e. The van der Waals surface area contributed by atoms with Crippen LogP contribution < -0.4 is 4.90 Å². The van der Waals surface area contributed by atoms with Crippen LogP contribution in [0, 0.1) is 5.82 Å². The third kappa shape index (κ3) is 3.13. The van der Waals surface area contributed by atoms with Gasteiger partial charge in [-0.3, -0.25) is 4.79 Å². The predicted molar refractivity (Wildman–Crippen MR) is 88.8 cm³/mol. The molecule has 122 valence electrons. The van der Waals surface area contributed by atoms with Gasteiger partial charge in [0.15, 0.2) is 9.84 Å². The van der Waals surface area contributed by atoms with Crippen molar-refractivity contribution in [3.8, 4) is 0 Å². The van der Waals surface area contributed by atoms with E-state index in [0.29, 0.717) is 35.5 Å². The van der Waals surface area contributed by atoms with Gasteiger partial charge in [0.25, 0.3) is 5.91 Å². The molecule has 0 spiro atoms. The first-order chi connectivity index (χ1) is 10.8. The van der Waals surface area contributed by atoms with Crippen LogP contribution in [-0.4, -0.2) is 27.1 Å². The molecular weight excluding hydrogens is 361 g/mol. The summed E-state index contributed by atoms with van der Waals surface area (Å²) in [7, 11) is -3.35. The Morgan fingerprint density at radius 3 is 2.74 bits per heavy atom. The largest absolute Gasteiger partial charge is 0.306 e. The number of thiophene rings is 1.